The minimum absolute atomic E-state index is 0.386. The predicted molar refractivity (Wildman–Crippen MR) is 72.7 cm³/mol. The number of carbonyl (C=O) groups is 1. The highest BCUT2D eigenvalue weighted by atomic mass is 16.6. The van der Waals surface area contributed by atoms with Gasteiger partial charge in [0, 0.05) is 12.0 Å². The van der Waals surface area contributed by atoms with E-state index in [2.05, 4.69) is 13.2 Å². The second kappa shape index (κ2) is 6.89. The van der Waals surface area contributed by atoms with E-state index >= 15 is 0 Å². The Morgan fingerprint density at radius 2 is 2.00 bits per heavy atom. The predicted octanol–water partition coefficient (Wildman–Crippen LogP) is 3.96. The molecule has 0 rings (SSSR count). The number of ether oxygens (including phenoxy) is 1. The fourth-order valence-corrected chi connectivity index (χ4v) is 1.04. The zero-order valence-corrected chi connectivity index (χ0v) is 11.2. The molecule has 0 aromatic rings. The number of carbonyl (C=O) groups excluding carboxylic acids is 1. The lowest BCUT2D eigenvalue weighted by Crippen LogP contribution is -2.28. The molecule has 0 saturated heterocycles. The van der Waals surface area contributed by atoms with Gasteiger partial charge in [-0.2, -0.15) is 0 Å². The summed E-state index contributed by atoms with van der Waals surface area (Å²) >= 11 is 0. The maximum atomic E-state index is 11.5. The summed E-state index contributed by atoms with van der Waals surface area (Å²) in [6.45, 7) is 14.7. The standard InChI is InChI=1S/C15H22O2/c1-7-13(5)10-9-11-15(6,8-2)17-14(16)12(3)4/h7-10H,2-3,11H2,1,4-6H3. The summed E-state index contributed by atoms with van der Waals surface area (Å²) in [7, 11) is 0. The SMILES string of the molecule is C=CC(C)(CC=CC(C)=CC)OC(=O)C(=C)C. The minimum atomic E-state index is -0.680. The van der Waals surface area contributed by atoms with Crippen LogP contribution < -0.4 is 0 Å². The van der Waals surface area contributed by atoms with Crippen LogP contribution in [0.5, 0.6) is 0 Å². The Labute approximate surface area is 104 Å². The highest BCUT2D eigenvalue weighted by Gasteiger charge is 2.23. The minimum Gasteiger partial charge on any atom is -0.451 e. The molecule has 2 heteroatoms. The second-order valence-electron chi connectivity index (χ2n) is 4.33. The number of rotatable bonds is 6. The molecule has 0 aliphatic carbocycles. The molecule has 0 aromatic carbocycles. The van der Waals surface area contributed by atoms with E-state index in [1.165, 1.54) is 5.57 Å². The van der Waals surface area contributed by atoms with E-state index in [1.807, 2.05) is 39.0 Å². The molecule has 0 bridgehead atoms. The molecule has 0 aliphatic heterocycles. The molecule has 2 nitrogen and oxygen atoms in total. The van der Waals surface area contributed by atoms with Crippen molar-refractivity contribution in [2.45, 2.75) is 39.7 Å². The van der Waals surface area contributed by atoms with Crippen LogP contribution in [-0.4, -0.2) is 11.6 Å². The fraction of sp³-hybridized carbons (Fsp3) is 0.400. The lowest BCUT2D eigenvalue weighted by atomic mass is 10.0. The Morgan fingerprint density at radius 3 is 2.41 bits per heavy atom. The summed E-state index contributed by atoms with van der Waals surface area (Å²) in [5, 5.41) is 0. The van der Waals surface area contributed by atoms with Crippen molar-refractivity contribution in [1.29, 1.82) is 0 Å². The van der Waals surface area contributed by atoms with Crippen LogP contribution in [-0.2, 0) is 9.53 Å². The van der Waals surface area contributed by atoms with Crippen molar-refractivity contribution in [2.24, 2.45) is 0 Å². The van der Waals surface area contributed by atoms with E-state index < -0.39 is 5.60 Å². The van der Waals surface area contributed by atoms with Gasteiger partial charge in [-0.3, -0.25) is 0 Å². The summed E-state index contributed by atoms with van der Waals surface area (Å²) in [5.74, 6) is -0.386. The van der Waals surface area contributed by atoms with Gasteiger partial charge >= 0.3 is 5.97 Å². The smallest absolute Gasteiger partial charge is 0.333 e. The fourth-order valence-electron chi connectivity index (χ4n) is 1.04. The van der Waals surface area contributed by atoms with Crippen molar-refractivity contribution in [2.75, 3.05) is 0 Å². The van der Waals surface area contributed by atoms with Gasteiger partial charge in [-0.1, -0.05) is 37.0 Å². The van der Waals surface area contributed by atoms with Gasteiger partial charge in [-0.15, -0.1) is 0 Å². The van der Waals surface area contributed by atoms with Crippen LogP contribution >= 0.6 is 0 Å². The van der Waals surface area contributed by atoms with Crippen molar-refractivity contribution in [3.05, 3.63) is 48.6 Å². The molecule has 0 aromatic heterocycles. The van der Waals surface area contributed by atoms with Crippen LogP contribution in [0.25, 0.3) is 0 Å². The van der Waals surface area contributed by atoms with Gasteiger partial charge in [0.2, 0.25) is 0 Å². The van der Waals surface area contributed by atoms with E-state index in [0.717, 1.165) is 0 Å². The van der Waals surface area contributed by atoms with E-state index in [4.69, 9.17) is 4.74 Å². The van der Waals surface area contributed by atoms with Crippen LogP contribution in [0.15, 0.2) is 48.6 Å². The second-order valence-corrected chi connectivity index (χ2v) is 4.33. The van der Waals surface area contributed by atoms with E-state index in [1.54, 1.807) is 13.0 Å². The number of allylic oxidation sites excluding steroid dienone is 3. The molecule has 1 atom stereocenters. The third-order valence-corrected chi connectivity index (χ3v) is 2.47. The van der Waals surface area contributed by atoms with Gasteiger partial charge in [-0.05, 0) is 33.8 Å². The molecule has 0 spiro atoms. The molecule has 0 N–H and O–H groups in total. The molecule has 0 amide bonds. The first-order valence-corrected chi connectivity index (χ1v) is 5.66. The molecule has 0 aliphatic rings. The molecule has 1 unspecified atom stereocenters. The quantitative estimate of drug-likeness (QED) is 0.301. The van der Waals surface area contributed by atoms with E-state index in [0.29, 0.717) is 12.0 Å². The Hall–Kier alpha value is -1.57. The summed E-state index contributed by atoms with van der Waals surface area (Å²) in [6.07, 6.45) is 8.23. The van der Waals surface area contributed by atoms with Crippen molar-refractivity contribution in [3.8, 4) is 0 Å². The van der Waals surface area contributed by atoms with Crippen LogP contribution in [0, 0.1) is 0 Å². The van der Waals surface area contributed by atoms with Gasteiger partial charge in [-0.25, -0.2) is 4.79 Å². The molecule has 17 heavy (non-hydrogen) atoms. The van der Waals surface area contributed by atoms with Gasteiger partial charge in [0.05, 0.1) is 0 Å². The third kappa shape index (κ3) is 5.91. The van der Waals surface area contributed by atoms with Gasteiger partial charge in [0.15, 0.2) is 0 Å². The summed E-state index contributed by atoms with van der Waals surface area (Å²) in [5.41, 5.74) is 0.884. The van der Waals surface area contributed by atoms with Crippen LogP contribution in [0.2, 0.25) is 0 Å². The van der Waals surface area contributed by atoms with Gasteiger partial charge in [0.1, 0.15) is 5.60 Å². The first-order valence-electron chi connectivity index (χ1n) is 5.66. The van der Waals surface area contributed by atoms with E-state index in [-0.39, 0.29) is 5.97 Å². The third-order valence-electron chi connectivity index (χ3n) is 2.47. The summed E-state index contributed by atoms with van der Waals surface area (Å²) in [6, 6.07) is 0. The first-order chi connectivity index (χ1) is 7.84. The number of hydrogen-bond donors (Lipinski definition) is 0. The van der Waals surface area contributed by atoms with E-state index in [9.17, 15) is 4.79 Å². The Bertz CT molecular complexity index is 361. The molecular formula is C15H22O2. The van der Waals surface area contributed by atoms with Crippen LogP contribution in [0.3, 0.4) is 0 Å². The van der Waals surface area contributed by atoms with Gasteiger partial charge < -0.3 is 4.74 Å². The van der Waals surface area contributed by atoms with Crippen LogP contribution in [0.1, 0.15) is 34.1 Å². The van der Waals surface area contributed by atoms with Crippen LogP contribution in [0.4, 0.5) is 0 Å². The molecule has 0 fully saturated rings. The lowest BCUT2D eigenvalue weighted by Gasteiger charge is -2.24. The Balaban J connectivity index is 4.59. The highest BCUT2D eigenvalue weighted by Crippen LogP contribution is 2.19. The Kier molecular flexibility index (Phi) is 6.26. The zero-order valence-electron chi connectivity index (χ0n) is 11.2. The van der Waals surface area contributed by atoms with Crippen molar-refractivity contribution < 1.29 is 9.53 Å². The maximum absolute atomic E-state index is 11.5. The molecule has 0 saturated carbocycles. The first kappa shape index (κ1) is 15.4. The normalized spacial score (nSPS) is 15.4. The number of esters is 1. The number of hydrogen-bond acceptors (Lipinski definition) is 2. The topological polar surface area (TPSA) is 26.3 Å². The zero-order chi connectivity index (χ0) is 13.5. The average Bonchev–Trinajstić information content (AvgIpc) is 2.28. The van der Waals surface area contributed by atoms with Crippen molar-refractivity contribution >= 4 is 5.97 Å². The average molecular weight is 234 g/mol. The maximum Gasteiger partial charge on any atom is 0.333 e. The Morgan fingerprint density at radius 1 is 1.41 bits per heavy atom. The van der Waals surface area contributed by atoms with Crippen molar-refractivity contribution in [3.63, 3.8) is 0 Å². The monoisotopic (exact) mass is 234 g/mol. The molecule has 94 valence electrons. The molecule has 0 heterocycles. The summed E-state index contributed by atoms with van der Waals surface area (Å²) in [4.78, 5) is 11.5. The molecule has 0 radical (unpaired) electrons. The van der Waals surface area contributed by atoms with Gasteiger partial charge in [0.25, 0.3) is 0 Å². The van der Waals surface area contributed by atoms with Crippen molar-refractivity contribution in [1.82, 2.24) is 0 Å². The summed E-state index contributed by atoms with van der Waals surface area (Å²) < 4.78 is 5.34. The lowest BCUT2D eigenvalue weighted by molar-refractivity contribution is -0.148. The highest BCUT2D eigenvalue weighted by molar-refractivity contribution is 5.87. The molecular weight excluding hydrogens is 212 g/mol. The largest absolute Gasteiger partial charge is 0.451 e.